The van der Waals surface area contributed by atoms with Crippen molar-refractivity contribution in [3.63, 3.8) is 0 Å². The number of anilines is 1. The lowest BCUT2D eigenvalue weighted by atomic mass is 10.1. The van der Waals surface area contributed by atoms with Gasteiger partial charge in [-0.15, -0.1) is 0 Å². The number of phenols is 1. The molecule has 1 unspecified atom stereocenters. The van der Waals surface area contributed by atoms with Crippen LogP contribution in [-0.2, 0) is 16.1 Å². The SMILES string of the molecule is COc1ccc(CN2CC(C(=O)Nc3cc(C)ccc3O)CC2=O)cc1. The molecule has 0 spiro atoms. The molecule has 1 atom stereocenters. The first-order chi connectivity index (χ1) is 12.5. The Morgan fingerprint density at radius 3 is 2.69 bits per heavy atom. The Morgan fingerprint density at radius 2 is 2.00 bits per heavy atom. The number of rotatable bonds is 5. The summed E-state index contributed by atoms with van der Waals surface area (Å²) in [6.45, 7) is 2.70. The second-order valence-corrected chi connectivity index (χ2v) is 6.53. The van der Waals surface area contributed by atoms with Gasteiger partial charge in [0, 0.05) is 19.5 Å². The molecule has 2 aromatic carbocycles. The average molecular weight is 354 g/mol. The van der Waals surface area contributed by atoms with Crippen molar-refractivity contribution in [2.24, 2.45) is 5.92 Å². The predicted octanol–water partition coefficient (Wildman–Crippen LogP) is 2.70. The Labute approximate surface area is 152 Å². The number of nitrogens with zero attached hydrogens (tertiary/aromatic N) is 1. The van der Waals surface area contributed by atoms with Crippen molar-refractivity contribution in [2.75, 3.05) is 19.0 Å². The van der Waals surface area contributed by atoms with E-state index in [1.807, 2.05) is 31.2 Å². The number of benzene rings is 2. The Balaban J connectivity index is 1.63. The monoisotopic (exact) mass is 354 g/mol. The molecule has 0 aromatic heterocycles. The number of methoxy groups -OCH3 is 1. The third-order valence-electron chi connectivity index (χ3n) is 4.53. The first kappa shape index (κ1) is 17.8. The summed E-state index contributed by atoms with van der Waals surface area (Å²) in [6.07, 6.45) is 0.175. The molecule has 0 bridgehead atoms. The second kappa shape index (κ2) is 7.47. The molecule has 3 rings (SSSR count). The lowest BCUT2D eigenvalue weighted by molar-refractivity contribution is -0.128. The molecular weight excluding hydrogens is 332 g/mol. The first-order valence-electron chi connectivity index (χ1n) is 8.47. The van der Waals surface area contributed by atoms with Crippen molar-refractivity contribution in [3.8, 4) is 11.5 Å². The molecule has 0 radical (unpaired) electrons. The molecule has 26 heavy (non-hydrogen) atoms. The van der Waals surface area contributed by atoms with E-state index in [2.05, 4.69) is 5.32 Å². The summed E-state index contributed by atoms with van der Waals surface area (Å²) in [5.41, 5.74) is 2.29. The van der Waals surface area contributed by atoms with Crippen molar-refractivity contribution in [3.05, 3.63) is 53.6 Å². The molecule has 6 heteroatoms. The number of likely N-dealkylation sites (tertiary alicyclic amines) is 1. The summed E-state index contributed by atoms with van der Waals surface area (Å²) in [7, 11) is 1.61. The van der Waals surface area contributed by atoms with Crippen LogP contribution in [0.3, 0.4) is 0 Å². The van der Waals surface area contributed by atoms with Gasteiger partial charge in [-0.25, -0.2) is 0 Å². The van der Waals surface area contributed by atoms with Gasteiger partial charge in [-0.3, -0.25) is 9.59 Å². The molecule has 1 fully saturated rings. The number of nitrogens with one attached hydrogen (secondary N) is 1. The first-order valence-corrected chi connectivity index (χ1v) is 8.47. The van der Waals surface area contributed by atoms with Crippen molar-refractivity contribution >= 4 is 17.5 Å². The van der Waals surface area contributed by atoms with Gasteiger partial charge in [0.25, 0.3) is 0 Å². The van der Waals surface area contributed by atoms with Gasteiger partial charge < -0.3 is 20.1 Å². The summed E-state index contributed by atoms with van der Waals surface area (Å²) in [5.74, 6) is 0.0478. The summed E-state index contributed by atoms with van der Waals surface area (Å²) >= 11 is 0. The van der Waals surface area contributed by atoms with Crippen molar-refractivity contribution in [1.29, 1.82) is 0 Å². The lowest BCUT2D eigenvalue weighted by Gasteiger charge is -2.17. The van der Waals surface area contributed by atoms with Crippen LogP contribution in [-0.4, -0.2) is 35.5 Å². The van der Waals surface area contributed by atoms with E-state index in [0.29, 0.717) is 18.8 Å². The quantitative estimate of drug-likeness (QED) is 0.809. The maximum atomic E-state index is 12.5. The Bertz CT molecular complexity index is 817. The van der Waals surface area contributed by atoms with E-state index in [-0.39, 0.29) is 24.0 Å². The van der Waals surface area contributed by atoms with Crippen molar-refractivity contribution < 1.29 is 19.4 Å². The van der Waals surface area contributed by atoms with Gasteiger partial charge in [0.1, 0.15) is 11.5 Å². The summed E-state index contributed by atoms with van der Waals surface area (Å²) in [4.78, 5) is 26.4. The zero-order valence-electron chi connectivity index (χ0n) is 14.9. The van der Waals surface area contributed by atoms with Crippen LogP contribution in [0.4, 0.5) is 5.69 Å². The maximum absolute atomic E-state index is 12.5. The Morgan fingerprint density at radius 1 is 1.27 bits per heavy atom. The molecular formula is C20H22N2O4. The van der Waals surface area contributed by atoms with Crippen LogP contribution >= 0.6 is 0 Å². The number of carbonyl (C=O) groups is 2. The summed E-state index contributed by atoms with van der Waals surface area (Å²) < 4.78 is 5.13. The summed E-state index contributed by atoms with van der Waals surface area (Å²) in [6, 6.07) is 12.5. The molecule has 1 aliphatic heterocycles. The molecule has 2 N–H and O–H groups in total. The topological polar surface area (TPSA) is 78.9 Å². The van der Waals surface area contributed by atoms with E-state index in [0.717, 1.165) is 16.9 Å². The fourth-order valence-electron chi connectivity index (χ4n) is 3.04. The average Bonchev–Trinajstić information content (AvgIpc) is 2.99. The number of amides is 2. The summed E-state index contributed by atoms with van der Waals surface area (Å²) in [5, 5.41) is 12.6. The van der Waals surface area contributed by atoms with Gasteiger partial charge in [-0.05, 0) is 42.3 Å². The number of hydrogen-bond acceptors (Lipinski definition) is 4. The molecule has 2 aromatic rings. The van der Waals surface area contributed by atoms with Gasteiger partial charge in [0.2, 0.25) is 11.8 Å². The van der Waals surface area contributed by atoms with Gasteiger partial charge in [-0.2, -0.15) is 0 Å². The van der Waals surface area contributed by atoms with Crippen LogP contribution in [0.25, 0.3) is 0 Å². The van der Waals surface area contributed by atoms with E-state index in [9.17, 15) is 14.7 Å². The highest BCUT2D eigenvalue weighted by atomic mass is 16.5. The highest BCUT2D eigenvalue weighted by molar-refractivity contribution is 5.98. The van der Waals surface area contributed by atoms with Gasteiger partial charge in [0.15, 0.2) is 0 Å². The minimum absolute atomic E-state index is 0.0170. The molecule has 0 aliphatic carbocycles. The van der Waals surface area contributed by atoms with Crippen LogP contribution < -0.4 is 10.1 Å². The smallest absolute Gasteiger partial charge is 0.229 e. The number of phenolic OH excluding ortho intramolecular Hbond substituents is 1. The third kappa shape index (κ3) is 3.96. The molecule has 2 amide bonds. The normalized spacial score (nSPS) is 16.6. The molecule has 136 valence electrons. The minimum Gasteiger partial charge on any atom is -0.506 e. The third-order valence-corrected chi connectivity index (χ3v) is 4.53. The number of hydrogen-bond donors (Lipinski definition) is 2. The Kier molecular flexibility index (Phi) is 5.11. The van der Waals surface area contributed by atoms with E-state index in [4.69, 9.17) is 4.74 Å². The zero-order chi connectivity index (χ0) is 18.7. The van der Waals surface area contributed by atoms with Crippen molar-refractivity contribution in [1.82, 2.24) is 4.90 Å². The molecule has 1 saturated heterocycles. The number of aromatic hydroxyl groups is 1. The molecule has 0 saturated carbocycles. The predicted molar refractivity (Wildman–Crippen MR) is 98.0 cm³/mol. The van der Waals surface area contributed by atoms with E-state index in [1.54, 1.807) is 30.2 Å². The number of aryl methyl sites for hydroxylation is 1. The van der Waals surface area contributed by atoms with E-state index >= 15 is 0 Å². The number of ether oxygens (including phenoxy) is 1. The minimum atomic E-state index is -0.430. The van der Waals surface area contributed by atoms with E-state index in [1.165, 1.54) is 0 Å². The number of carbonyl (C=O) groups excluding carboxylic acids is 2. The van der Waals surface area contributed by atoms with Crippen LogP contribution in [0.2, 0.25) is 0 Å². The fourth-order valence-corrected chi connectivity index (χ4v) is 3.04. The van der Waals surface area contributed by atoms with Gasteiger partial charge >= 0.3 is 0 Å². The standard InChI is InChI=1S/C20H22N2O4/c1-13-3-8-18(23)17(9-13)21-20(25)15-10-19(24)22(12-15)11-14-4-6-16(26-2)7-5-14/h3-9,15,23H,10-12H2,1-2H3,(H,21,25). The molecule has 1 aliphatic rings. The van der Waals surface area contributed by atoms with Crippen LogP contribution in [0.1, 0.15) is 17.5 Å². The van der Waals surface area contributed by atoms with Crippen LogP contribution in [0.5, 0.6) is 11.5 Å². The van der Waals surface area contributed by atoms with Crippen molar-refractivity contribution in [2.45, 2.75) is 19.9 Å². The second-order valence-electron chi connectivity index (χ2n) is 6.53. The molecule has 6 nitrogen and oxygen atoms in total. The van der Waals surface area contributed by atoms with E-state index < -0.39 is 5.92 Å². The van der Waals surface area contributed by atoms with Gasteiger partial charge in [0.05, 0.1) is 18.7 Å². The highest BCUT2D eigenvalue weighted by Crippen LogP contribution is 2.27. The maximum Gasteiger partial charge on any atom is 0.229 e. The highest BCUT2D eigenvalue weighted by Gasteiger charge is 2.34. The zero-order valence-corrected chi connectivity index (χ0v) is 14.9. The fraction of sp³-hybridized carbons (Fsp3) is 0.300. The van der Waals surface area contributed by atoms with Crippen LogP contribution in [0, 0.1) is 12.8 Å². The Hall–Kier alpha value is -3.02. The lowest BCUT2D eigenvalue weighted by Crippen LogP contribution is -2.28. The van der Waals surface area contributed by atoms with Crippen LogP contribution in [0.15, 0.2) is 42.5 Å². The molecule has 1 heterocycles. The van der Waals surface area contributed by atoms with Gasteiger partial charge in [-0.1, -0.05) is 18.2 Å². The largest absolute Gasteiger partial charge is 0.506 e.